The van der Waals surface area contributed by atoms with Crippen LogP contribution in [0.1, 0.15) is 33.7 Å². The van der Waals surface area contributed by atoms with Crippen LogP contribution in [0.15, 0.2) is 67.3 Å². The molecule has 30 heavy (non-hydrogen) atoms. The van der Waals surface area contributed by atoms with E-state index in [-0.39, 0.29) is 11.7 Å². The van der Waals surface area contributed by atoms with Crippen LogP contribution in [0.4, 0.5) is 10.1 Å². The fourth-order valence-corrected chi connectivity index (χ4v) is 3.97. The molecule has 0 bridgehead atoms. The number of nitrogens with one attached hydrogen (secondary N) is 1. The number of hydrogen-bond donors (Lipinski definition) is 1. The second kappa shape index (κ2) is 7.59. The molecule has 0 spiro atoms. The molecule has 150 valence electrons. The minimum Gasteiger partial charge on any atom is -0.333 e. The lowest BCUT2D eigenvalue weighted by atomic mass is 10.1. The molecule has 0 unspecified atom stereocenters. The van der Waals surface area contributed by atoms with Gasteiger partial charge in [0.15, 0.2) is 5.69 Å². The van der Waals surface area contributed by atoms with Crippen LogP contribution in [0.25, 0.3) is 5.69 Å². The quantitative estimate of drug-likeness (QED) is 0.550. The van der Waals surface area contributed by atoms with Crippen molar-refractivity contribution in [2.75, 3.05) is 5.32 Å². The Morgan fingerprint density at radius 2 is 2.03 bits per heavy atom. The Balaban J connectivity index is 1.42. The van der Waals surface area contributed by atoms with Crippen molar-refractivity contribution in [1.82, 2.24) is 19.3 Å². The van der Waals surface area contributed by atoms with Gasteiger partial charge in [0.25, 0.3) is 5.91 Å². The van der Waals surface area contributed by atoms with E-state index in [4.69, 9.17) is 0 Å². The predicted octanol–water partition coefficient (Wildman–Crippen LogP) is 4.00. The standard InChI is InChI=1S/C23H20FN5O/c24-19-8-1-2-9-21(19)29-20-10-4-7-18(20)22(27-29)23(30)26-17-6-3-5-16(13-17)14-28-12-11-25-15-28/h1-3,5-6,8-9,11-13,15H,4,7,10,14H2,(H,26,30). The number of hydrogen-bond acceptors (Lipinski definition) is 3. The van der Waals surface area contributed by atoms with E-state index in [1.807, 2.05) is 35.0 Å². The lowest BCUT2D eigenvalue weighted by Crippen LogP contribution is -2.15. The molecule has 0 saturated carbocycles. The fourth-order valence-electron chi connectivity index (χ4n) is 3.97. The van der Waals surface area contributed by atoms with Crippen LogP contribution in [0, 0.1) is 5.82 Å². The average Bonchev–Trinajstić information content (AvgIpc) is 3.47. The lowest BCUT2D eigenvalue weighted by Gasteiger charge is -2.08. The smallest absolute Gasteiger partial charge is 0.276 e. The molecule has 1 aliphatic carbocycles. The number of amides is 1. The van der Waals surface area contributed by atoms with Crippen LogP contribution in [-0.2, 0) is 19.4 Å². The summed E-state index contributed by atoms with van der Waals surface area (Å²) >= 11 is 0. The highest BCUT2D eigenvalue weighted by Gasteiger charge is 2.27. The number of imidazole rings is 1. The van der Waals surface area contributed by atoms with E-state index in [0.717, 1.165) is 36.1 Å². The van der Waals surface area contributed by atoms with Gasteiger partial charge in [-0.15, -0.1) is 0 Å². The summed E-state index contributed by atoms with van der Waals surface area (Å²) in [5.74, 6) is -0.628. The summed E-state index contributed by atoms with van der Waals surface area (Å²) in [7, 11) is 0. The summed E-state index contributed by atoms with van der Waals surface area (Å²) in [6.45, 7) is 0.668. The molecule has 0 fully saturated rings. The monoisotopic (exact) mass is 401 g/mol. The van der Waals surface area contributed by atoms with Crippen molar-refractivity contribution >= 4 is 11.6 Å². The van der Waals surface area contributed by atoms with Gasteiger partial charge in [-0.2, -0.15) is 5.10 Å². The molecule has 1 N–H and O–H groups in total. The van der Waals surface area contributed by atoms with Crippen LogP contribution >= 0.6 is 0 Å². The third-order valence-corrected chi connectivity index (χ3v) is 5.34. The molecular formula is C23H20FN5O. The minimum atomic E-state index is -0.353. The summed E-state index contributed by atoms with van der Waals surface area (Å²) in [5.41, 5.74) is 4.31. The molecule has 0 saturated heterocycles. The second-order valence-corrected chi connectivity index (χ2v) is 7.38. The molecule has 1 amide bonds. The van der Waals surface area contributed by atoms with Crippen molar-refractivity contribution in [2.24, 2.45) is 0 Å². The first-order valence-electron chi connectivity index (χ1n) is 9.91. The minimum absolute atomic E-state index is 0.275. The zero-order chi connectivity index (χ0) is 20.5. The molecule has 1 aliphatic rings. The maximum atomic E-state index is 14.3. The molecule has 4 aromatic rings. The third-order valence-electron chi connectivity index (χ3n) is 5.34. The Bertz CT molecular complexity index is 1210. The summed E-state index contributed by atoms with van der Waals surface area (Å²) in [4.78, 5) is 17.1. The Morgan fingerprint density at radius 1 is 1.13 bits per heavy atom. The van der Waals surface area contributed by atoms with Gasteiger partial charge in [-0.1, -0.05) is 24.3 Å². The van der Waals surface area contributed by atoms with E-state index in [1.165, 1.54) is 6.07 Å². The Labute approximate surface area is 173 Å². The summed E-state index contributed by atoms with van der Waals surface area (Å²) < 4.78 is 17.9. The lowest BCUT2D eigenvalue weighted by molar-refractivity contribution is 0.102. The molecule has 7 heteroatoms. The molecule has 2 aromatic heterocycles. The summed E-state index contributed by atoms with van der Waals surface area (Å²) in [5, 5.41) is 7.45. The van der Waals surface area contributed by atoms with Crippen LogP contribution in [-0.4, -0.2) is 25.2 Å². The molecule has 6 nitrogen and oxygen atoms in total. The predicted molar refractivity (Wildman–Crippen MR) is 111 cm³/mol. The first-order chi connectivity index (χ1) is 14.7. The van der Waals surface area contributed by atoms with Crippen LogP contribution in [0.3, 0.4) is 0 Å². The first-order valence-corrected chi connectivity index (χ1v) is 9.91. The van der Waals surface area contributed by atoms with E-state index in [0.29, 0.717) is 23.6 Å². The van der Waals surface area contributed by atoms with Gasteiger partial charge in [-0.05, 0) is 49.1 Å². The first kappa shape index (κ1) is 18.3. The Hall–Kier alpha value is -3.74. The molecule has 0 atom stereocenters. The largest absolute Gasteiger partial charge is 0.333 e. The van der Waals surface area contributed by atoms with E-state index < -0.39 is 0 Å². The molecular weight excluding hydrogens is 381 g/mol. The normalized spacial score (nSPS) is 12.7. The van der Waals surface area contributed by atoms with Crippen molar-refractivity contribution in [2.45, 2.75) is 25.8 Å². The number of anilines is 1. The average molecular weight is 401 g/mol. The highest BCUT2D eigenvalue weighted by atomic mass is 19.1. The maximum Gasteiger partial charge on any atom is 0.276 e. The third kappa shape index (κ3) is 3.39. The number of para-hydroxylation sites is 1. The SMILES string of the molecule is O=C(Nc1cccc(Cn2ccnc2)c1)c1nn(-c2ccccc2F)c2c1CCC2. The maximum absolute atomic E-state index is 14.3. The molecule has 2 heterocycles. The van der Waals surface area contributed by atoms with Crippen LogP contribution < -0.4 is 5.32 Å². The van der Waals surface area contributed by atoms with Gasteiger partial charge in [0, 0.05) is 35.9 Å². The highest BCUT2D eigenvalue weighted by molar-refractivity contribution is 6.04. The van der Waals surface area contributed by atoms with Crippen molar-refractivity contribution in [3.63, 3.8) is 0 Å². The molecule has 2 aromatic carbocycles. The Kier molecular flexibility index (Phi) is 4.63. The zero-order valence-electron chi connectivity index (χ0n) is 16.3. The molecule has 0 radical (unpaired) electrons. The van der Waals surface area contributed by atoms with Crippen LogP contribution in [0.2, 0.25) is 0 Å². The number of aromatic nitrogens is 4. The van der Waals surface area contributed by atoms with E-state index in [1.54, 1.807) is 35.4 Å². The van der Waals surface area contributed by atoms with Gasteiger partial charge in [0.1, 0.15) is 11.5 Å². The fraction of sp³-hybridized carbons (Fsp3) is 0.174. The number of nitrogens with zero attached hydrogens (tertiary/aromatic N) is 4. The van der Waals surface area contributed by atoms with Gasteiger partial charge in [-0.3, -0.25) is 4.79 Å². The van der Waals surface area contributed by atoms with Crippen molar-refractivity contribution in [3.8, 4) is 5.69 Å². The number of fused-ring (bicyclic) bond motifs is 1. The van der Waals surface area contributed by atoms with Gasteiger partial charge in [0.05, 0.1) is 6.33 Å². The molecule has 5 rings (SSSR count). The number of carbonyl (C=O) groups excluding carboxylic acids is 1. The van der Waals surface area contributed by atoms with Gasteiger partial charge >= 0.3 is 0 Å². The van der Waals surface area contributed by atoms with Gasteiger partial charge in [-0.25, -0.2) is 14.1 Å². The zero-order valence-corrected chi connectivity index (χ0v) is 16.3. The topological polar surface area (TPSA) is 64.7 Å². The number of halogens is 1. The van der Waals surface area contributed by atoms with E-state index >= 15 is 0 Å². The van der Waals surface area contributed by atoms with Crippen molar-refractivity contribution < 1.29 is 9.18 Å². The van der Waals surface area contributed by atoms with Gasteiger partial charge < -0.3 is 9.88 Å². The number of rotatable bonds is 5. The van der Waals surface area contributed by atoms with Crippen molar-refractivity contribution in [3.05, 3.63) is 95.6 Å². The summed E-state index contributed by atoms with van der Waals surface area (Å²) in [6, 6.07) is 14.2. The number of carbonyl (C=O) groups is 1. The van der Waals surface area contributed by atoms with Crippen LogP contribution in [0.5, 0.6) is 0 Å². The van der Waals surface area contributed by atoms with E-state index in [9.17, 15) is 9.18 Å². The van der Waals surface area contributed by atoms with E-state index in [2.05, 4.69) is 15.4 Å². The number of benzene rings is 2. The Morgan fingerprint density at radius 3 is 2.87 bits per heavy atom. The van der Waals surface area contributed by atoms with Crippen molar-refractivity contribution in [1.29, 1.82) is 0 Å². The van der Waals surface area contributed by atoms with Gasteiger partial charge in [0.2, 0.25) is 0 Å². The highest BCUT2D eigenvalue weighted by Crippen LogP contribution is 2.29. The summed E-state index contributed by atoms with van der Waals surface area (Å²) in [6.07, 6.45) is 7.87. The second-order valence-electron chi connectivity index (χ2n) is 7.38. The molecule has 0 aliphatic heterocycles.